The average molecular weight is 405 g/mol. The number of carbonyl (C=O) groups is 2. The van der Waals surface area contributed by atoms with Crippen molar-refractivity contribution in [1.29, 1.82) is 0 Å². The molecule has 148 valence electrons. The highest BCUT2D eigenvalue weighted by atomic mass is 19.1. The summed E-state index contributed by atoms with van der Waals surface area (Å²) in [6.45, 7) is 0. The minimum Gasteiger partial charge on any atom is -0.423 e. The number of nitrogens with zero attached hydrogens (tertiary/aromatic N) is 1. The predicted octanol–water partition coefficient (Wildman–Crippen LogP) is 4.53. The van der Waals surface area contributed by atoms with Crippen LogP contribution >= 0.6 is 0 Å². The first-order chi connectivity index (χ1) is 14.5. The number of esters is 2. The van der Waals surface area contributed by atoms with Crippen LogP contribution in [0, 0.1) is 11.6 Å². The second kappa shape index (κ2) is 8.08. The number of hydrogen-bond acceptors (Lipinski definition) is 5. The maximum Gasteiger partial charge on any atom is 0.363 e. The molecule has 3 aromatic carbocycles. The monoisotopic (exact) mass is 405 g/mol. The van der Waals surface area contributed by atoms with Crippen molar-refractivity contribution in [3.63, 3.8) is 0 Å². The molecule has 0 saturated heterocycles. The Hall–Kier alpha value is -4.13. The van der Waals surface area contributed by atoms with Gasteiger partial charge in [-0.25, -0.2) is 23.4 Å². The van der Waals surface area contributed by atoms with Crippen LogP contribution in [0.2, 0.25) is 0 Å². The van der Waals surface area contributed by atoms with E-state index in [1.165, 1.54) is 60.7 Å². The lowest BCUT2D eigenvalue weighted by atomic mass is 10.2. The molecule has 0 saturated carbocycles. The second-order valence-corrected chi connectivity index (χ2v) is 6.28. The van der Waals surface area contributed by atoms with E-state index in [1.807, 2.05) is 0 Å². The number of cyclic esters (lactones) is 1. The van der Waals surface area contributed by atoms with Gasteiger partial charge in [-0.3, -0.25) is 0 Å². The molecular formula is C23H13F2NO4. The van der Waals surface area contributed by atoms with E-state index in [2.05, 4.69) is 4.99 Å². The summed E-state index contributed by atoms with van der Waals surface area (Å²) in [7, 11) is 0. The molecule has 3 aromatic rings. The van der Waals surface area contributed by atoms with E-state index in [-0.39, 0.29) is 22.9 Å². The Bertz CT molecular complexity index is 1200. The van der Waals surface area contributed by atoms with Crippen molar-refractivity contribution in [2.24, 2.45) is 4.99 Å². The van der Waals surface area contributed by atoms with Crippen LogP contribution in [0.3, 0.4) is 0 Å². The fourth-order valence-corrected chi connectivity index (χ4v) is 2.73. The fraction of sp³-hybridized carbons (Fsp3) is 0. The van der Waals surface area contributed by atoms with E-state index < -0.39 is 23.6 Å². The molecule has 30 heavy (non-hydrogen) atoms. The third-order valence-corrected chi connectivity index (χ3v) is 4.18. The van der Waals surface area contributed by atoms with Crippen LogP contribution in [-0.2, 0) is 9.53 Å². The average Bonchev–Trinajstić information content (AvgIpc) is 3.10. The van der Waals surface area contributed by atoms with Crippen molar-refractivity contribution in [2.45, 2.75) is 0 Å². The first-order valence-electron chi connectivity index (χ1n) is 8.85. The molecule has 1 aliphatic heterocycles. The van der Waals surface area contributed by atoms with Gasteiger partial charge in [0.25, 0.3) is 0 Å². The van der Waals surface area contributed by atoms with Crippen LogP contribution in [0.4, 0.5) is 8.78 Å². The van der Waals surface area contributed by atoms with Crippen LogP contribution in [0.15, 0.2) is 83.5 Å². The fourth-order valence-electron chi connectivity index (χ4n) is 2.73. The van der Waals surface area contributed by atoms with Crippen molar-refractivity contribution in [3.05, 3.63) is 107 Å². The van der Waals surface area contributed by atoms with Gasteiger partial charge in [0.1, 0.15) is 17.4 Å². The highest BCUT2D eigenvalue weighted by Gasteiger charge is 2.24. The summed E-state index contributed by atoms with van der Waals surface area (Å²) in [6, 6.07) is 17.3. The summed E-state index contributed by atoms with van der Waals surface area (Å²) >= 11 is 0. The van der Waals surface area contributed by atoms with E-state index >= 15 is 0 Å². The molecule has 1 heterocycles. The molecule has 7 heteroatoms. The Labute approximate surface area is 169 Å². The molecular weight excluding hydrogens is 392 g/mol. The molecule has 0 amide bonds. The van der Waals surface area contributed by atoms with E-state index in [0.717, 1.165) is 0 Å². The number of rotatable bonds is 4. The number of ether oxygens (including phenoxy) is 2. The SMILES string of the molecule is O=C1OC(c2cccc(F)c2)=N/C1=C\c1ccc(OC(=O)c2ccccc2F)cc1. The first kappa shape index (κ1) is 19.2. The van der Waals surface area contributed by atoms with Gasteiger partial charge in [-0.15, -0.1) is 0 Å². The zero-order chi connectivity index (χ0) is 21.1. The summed E-state index contributed by atoms with van der Waals surface area (Å²) < 4.78 is 37.3. The minimum absolute atomic E-state index is 0.0150. The van der Waals surface area contributed by atoms with Gasteiger partial charge in [-0.2, -0.15) is 0 Å². The van der Waals surface area contributed by atoms with Crippen molar-refractivity contribution >= 4 is 23.9 Å². The van der Waals surface area contributed by atoms with Crippen molar-refractivity contribution in [3.8, 4) is 5.75 Å². The number of halogens is 2. The Balaban J connectivity index is 1.50. The van der Waals surface area contributed by atoms with Crippen LogP contribution in [0.5, 0.6) is 5.75 Å². The molecule has 0 aromatic heterocycles. The molecule has 0 radical (unpaired) electrons. The van der Waals surface area contributed by atoms with Crippen molar-refractivity contribution in [2.75, 3.05) is 0 Å². The van der Waals surface area contributed by atoms with Crippen LogP contribution in [-0.4, -0.2) is 17.8 Å². The predicted molar refractivity (Wildman–Crippen MR) is 105 cm³/mol. The maximum absolute atomic E-state index is 13.7. The lowest BCUT2D eigenvalue weighted by molar-refractivity contribution is -0.129. The summed E-state index contributed by atoms with van der Waals surface area (Å²) in [5, 5.41) is 0. The molecule has 0 unspecified atom stereocenters. The molecule has 0 N–H and O–H groups in total. The van der Waals surface area contributed by atoms with Crippen molar-refractivity contribution < 1.29 is 27.8 Å². The van der Waals surface area contributed by atoms with E-state index in [4.69, 9.17) is 9.47 Å². The van der Waals surface area contributed by atoms with Crippen LogP contribution in [0.1, 0.15) is 21.5 Å². The molecule has 0 spiro atoms. The standard InChI is InChI=1S/C23H13F2NO4/c24-16-5-3-4-15(13-16)21-26-20(23(28)30-21)12-14-8-10-17(11-9-14)29-22(27)18-6-1-2-7-19(18)25/h1-13H/b20-12-. The Kier molecular flexibility index (Phi) is 5.17. The van der Waals surface area contributed by atoms with Gasteiger partial charge in [0, 0.05) is 5.56 Å². The highest BCUT2D eigenvalue weighted by Crippen LogP contribution is 2.21. The van der Waals surface area contributed by atoms with E-state index in [1.54, 1.807) is 18.2 Å². The summed E-state index contributed by atoms with van der Waals surface area (Å²) in [5.74, 6) is -2.39. The first-order valence-corrected chi connectivity index (χ1v) is 8.85. The van der Waals surface area contributed by atoms with Gasteiger partial charge in [0.05, 0.1) is 5.56 Å². The molecule has 1 aliphatic rings. The van der Waals surface area contributed by atoms with Gasteiger partial charge >= 0.3 is 11.9 Å². The zero-order valence-electron chi connectivity index (χ0n) is 15.3. The molecule has 5 nitrogen and oxygen atoms in total. The maximum atomic E-state index is 13.7. The minimum atomic E-state index is -0.817. The molecule has 4 rings (SSSR count). The number of carbonyl (C=O) groups excluding carboxylic acids is 2. The van der Waals surface area contributed by atoms with Crippen LogP contribution in [0.25, 0.3) is 6.08 Å². The smallest absolute Gasteiger partial charge is 0.363 e. The van der Waals surface area contributed by atoms with Gasteiger partial charge < -0.3 is 9.47 Å². The topological polar surface area (TPSA) is 65.0 Å². The van der Waals surface area contributed by atoms with E-state index in [9.17, 15) is 18.4 Å². The van der Waals surface area contributed by atoms with Gasteiger partial charge in [0.2, 0.25) is 5.90 Å². The number of aliphatic imine (C=N–C) groups is 1. The molecule has 0 atom stereocenters. The molecule has 0 bridgehead atoms. The Morgan fingerprint density at radius 2 is 1.73 bits per heavy atom. The lowest BCUT2D eigenvalue weighted by Gasteiger charge is -2.05. The Morgan fingerprint density at radius 1 is 0.967 bits per heavy atom. The van der Waals surface area contributed by atoms with Gasteiger partial charge in [-0.05, 0) is 54.1 Å². The summed E-state index contributed by atoms with van der Waals surface area (Å²) in [5.41, 5.74) is 0.820. The third kappa shape index (κ3) is 4.15. The normalized spacial score (nSPS) is 14.4. The van der Waals surface area contributed by atoms with Gasteiger partial charge in [0.15, 0.2) is 5.70 Å². The Morgan fingerprint density at radius 3 is 2.47 bits per heavy atom. The van der Waals surface area contributed by atoms with E-state index in [0.29, 0.717) is 11.1 Å². The summed E-state index contributed by atoms with van der Waals surface area (Å²) in [6.07, 6.45) is 1.48. The quantitative estimate of drug-likeness (QED) is 0.364. The lowest BCUT2D eigenvalue weighted by Crippen LogP contribution is -2.10. The molecule has 0 fully saturated rings. The largest absolute Gasteiger partial charge is 0.423 e. The number of benzene rings is 3. The van der Waals surface area contributed by atoms with Gasteiger partial charge in [-0.1, -0.05) is 30.3 Å². The van der Waals surface area contributed by atoms with Crippen molar-refractivity contribution in [1.82, 2.24) is 0 Å². The van der Waals surface area contributed by atoms with Crippen LogP contribution < -0.4 is 4.74 Å². The third-order valence-electron chi connectivity index (χ3n) is 4.18. The molecule has 0 aliphatic carbocycles. The number of hydrogen-bond donors (Lipinski definition) is 0. The second-order valence-electron chi connectivity index (χ2n) is 6.28. The highest BCUT2D eigenvalue weighted by molar-refractivity contribution is 6.12. The zero-order valence-corrected chi connectivity index (χ0v) is 15.3. The summed E-state index contributed by atoms with van der Waals surface area (Å²) in [4.78, 5) is 28.2.